The van der Waals surface area contributed by atoms with E-state index in [0.29, 0.717) is 16.4 Å². The van der Waals surface area contributed by atoms with Crippen LogP contribution in [0.3, 0.4) is 0 Å². The van der Waals surface area contributed by atoms with Crippen molar-refractivity contribution in [3.8, 4) is 5.69 Å². The standard InChI is InChI=1S/C21H22N4O4S2/c1-13-4-7-17(12-14(13)2)25-20(26)11-10-19(24-25)30-15(3)21(27)23-16-5-8-18(9-6-16)31(22,28)29/h4-12,15H,1-3H3,(H,23,27)(H2,22,28,29)/t15-/m1/s1. The number of anilines is 1. The Bertz CT molecular complexity index is 1290. The van der Waals surface area contributed by atoms with Crippen molar-refractivity contribution >= 4 is 33.4 Å². The Kier molecular flexibility index (Phi) is 6.63. The fraction of sp³-hybridized carbons (Fsp3) is 0.190. The third-order valence-corrected chi connectivity index (χ3v) is 6.58. The minimum atomic E-state index is -3.79. The molecule has 2 aromatic carbocycles. The highest BCUT2D eigenvalue weighted by molar-refractivity contribution is 8.00. The van der Waals surface area contributed by atoms with Crippen molar-refractivity contribution in [1.29, 1.82) is 0 Å². The quantitative estimate of drug-likeness (QED) is 0.547. The van der Waals surface area contributed by atoms with E-state index in [4.69, 9.17) is 5.14 Å². The fourth-order valence-electron chi connectivity index (χ4n) is 2.71. The Morgan fingerprint density at radius 2 is 1.74 bits per heavy atom. The molecule has 8 nitrogen and oxygen atoms in total. The summed E-state index contributed by atoms with van der Waals surface area (Å²) in [6, 6.07) is 14.2. The Hall–Kier alpha value is -2.95. The number of sulfonamides is 1. The van der Waals surface area contributed by atoms with E-state index in [1.54, 1.807) is 13.0 Å². The molecule has 31 heavy (non-hydrogen) atoms. The summed E-state index contributed by atoms with van der Waals surface area (Å²) >= 11 is 1.20. The molecular formula is C21H22N4O4S2. The molecule has 0 unspecified atom stereocenters. The monoisotopic (exact) mass is 458 g/mol. The molecule has 0 saturated heterocycles. The third-order valence-electron chi connectivity index (χ3n) is 4.63. The first-order chi connectivity index (χ1) is 14.5. The third kappa shape index (κ3) is 5.60. The predicted octanol–water partition coefficient (Wildman–Crippen LogP) is 2.62. The van der Waals surface area contributed by atoms with Crippen LogP contribution in [0.25, 0.3) is 5.69 Å². The average molecular weight is 459 g/mol. The van der Waals surface area contributed by atoms with Crippen LogP contribution < -0.4 is 16.0 Å². The maximum Gasteiger partial charge on any atom is 0.271 e. The van der Waals surface area contributed by atoms with E-state index in [0.717, 1.165) is 11.1 Å². The van der Waals surface area contributed by atoms with Gasteiger partial charge in [-0.3, -0.25) is 9.59 Å². The zero-order valence-electron chi connectivity index (χ0n) is 17.2. The molecule has 1 aromatic heterocycles. The lowest BCUT2D eigenvalue weighted by atomic mass is 10.1. The molecule has 0 aliphatic rings. The molecule has 1 atom stereocenters. The lowest BCUT2D eigenvalue weighted by Gasteiger charge is -2.13. The van der Waals surface area contributed by atoms with E-state index in [1.807, 2.05) is 32.0 Å². The number of primary sulfonamides is 1. The summed E-state index contributed by atoms with van der Waals surface area (Å²) in [5, 5.41) is 12.2. The van der Waals surface area contributed by atoms with Crippen LogP contribution in [0.4, 0.5) is 5.69 Å². The molecule has 0 aliphatic heterocycles. The first-order valence-electron chi connectivity index (χ1n) is 9.33. The molecule has 0 fully saturated rings. The molecular weight excluding hydrogens is 436 g/mol. The van der Waals surface area contributed by atoms with Crippen molar-refractivity contribution in [3.63, 3.8) is 0 Å². The number of nitrogens with two attached hydrogens (primary N) is 1. The van der Waals surface area contributed by atoms with Gasteiger partial charge in [-0.1, -0.05) is 17.8 Å². The number of nitrogens with one attached hydrogen (secondary N) is 1. The van der Waals surface area contributed by atoms with Crippen LogP contribution >= 0.6 is 11.8 Å². The molecule has 1 amide bonds. The van der Waals surface area contributed by atoms with E-state index >= 15 is 0 Å². The molecule has 3 rings (SSSR count). The number of carbonyl (C=O) groups excluding carboxylic acids is 1. The number of rotatable bonds is 6. The molecule has 0 radical (unpaired) electrons. The number of benzene rings is 2. The second-order valence-electron chi connectivity index (χ2n) is 7.01. The number of hydrogen-bond acceptors (Lipinski definition) is 6. The van der Waals surface area contributed by atoms with Crippen molar-refractivity contribution < 1.29 is 13.2 Å². The average Bonchev–Trinajstić information content (AvgIpc) is 2.71. The molecule has 3 aromatic rings. The van der Waals surface area contributed by atoms with Gasteiger partial charge in [-0.2, -0.15) is 9.78 Å². The smallest absolute Gasteiger partial charge is 0.271 e. The number of aromatic nitrogens is 2. The zero-order valence-corrected chi connectivity index (χ0v) is 18.8. The molecule has 0 aliphatic carbocycles. The predicted molar refractivity (Wildman–Crippen MR) is 121 cm³/mol. The number of amides is 1. The van der Waals surface area contributed by atoms with Gasteiger partial charge in [-0.15, -0.1) is 0 Å². The van der Waals surface area contributed by atoms with Gasteiger partial charge >= 0.3 is 0 Å². The summed E-state index contributed by atoms with van der Waals surface area (Å²) in [4.78, 5) is 24.8. The Morgan fingerprint density at radius 3 is 2.35 bits per heavy atom. The molecule has 1 heterocycles. The molecule has 0 spiro atoms. The topological polar surface area (TPSA) is 124 Å². The second-order valence-corrected chi connectivity index (χ2v) is 9.93. The highest BCUT2D eigenvalue weighted by Gasteiger charge is 2.17. The largest absolute Gasteiger partial charge is 0.325 e. The van der Waals surface area contributed by atoms with Gasteiger partial charge in [0.25, 0.3) is 5.56 Å². The fourth-order valence-corrected chi connectivity index (χ4v) is 4.03. The Morgan fingerprint density at radius 1 is 1.06 bits per heavy atom. The van der Waals surface area contributed by atoms with Gasteiger partial charge in [-0.25, -0.2) is 13.6 Å². The summed E-state index contributed by atoms with van der Waals surface area (Å²) in [6.07, 6.45) is 0. The van der Waals surface area contributed by atoms with E-state index in [-0.39, 0.29) is 16.4 Å². The summed E-state index contributed by atoms with van der Waals surface area (Å²) < 4.78 is 24.0. The van der Waals surface area contributed by atoms with Crippen molar-refractivity contribution in [2.24, 2.45) is 5.14 Å². The van der Waals surface area contributed by atoms with Crippen LogP contribution in [0.2, 0.25) is 0 Å². The number of thioether (sulfide) groups is 1. The molecule has 162 valence electrons. The molecule has 0 bridgehead atoms. The first kappa shape index (κ1) is 22.7. The van der Waals surface area contributed by atoms with E-state index in [9.17, 15) is 18.0 Å². The van der Waals surface area contributed by atoms with Crippen molar-refractivity contribution in [2.75, 3.05) is 5.32 Å². The zero-order chi connectivity index (χ0) is 22.8. The van der Waals surface area contributed by atoms with Crippen LogP contribution in [0, 0.1) is 13.8 Å². The highest BCUT2D eigenvalue weighted by atomic mass is 32.2. The first-order valence-corrected chi connectivity index (χ1v) is 11.8. The van der Waals surface area contributed by atoms with Crippen LogP contribution in [0.1, 0.15) is 18.1 Å². The molecule has 0 saturated carbocycles. The van der Waals surface area contributed by atoms with Gasteiger partial charge in [0, 0.05) is 11.8 Å². The van der Waals surface area contributed by atoms with Crippen LogP contribution in [-0.4, -0.2) is 29.4 Å². The van der Waals surface area contributed by atoms with Crippen molar-refractivity contribution in [1.82, 2.24) is 9.78 Å². The highest BCUT2D eigenvalue weighted by Crippen LogP contribution is 2.22. The van der Waals surface area contributed by atoms with Gasteiger partial charge in [0.15, 0.2) is 0 Å². The summed E-state index contributed by atoms with van der Waals surface area (Å²) in [5.41, 5.74) is 3.00. The summed E-state index contributed by atoms with van der Waals surface area (Å²) in [7, 11) is -3.79. The number of carbonyl (C=O) groups is 1. The molecule has 10 heteroatoms. The number of hydrogen-bond donors (Lipinski definition) is 2. The number of aryl methyl sites for hydroxylation is 2. The van der Waals surface area contributed by atoms with Crippen molar-refractivity contribution in [3.05, 3.63) is 76.1 Å². The van der Waals surface area contributed by atoms with Gasteiger partial charge in [0.2, 0.25) is 15.9 Å². The van der Waals surface area contributed by atoms with Gasteiger partial charge in [0.05, 0.1) is 15.8 Å². The van der Waals surface area contributed by atoms with Crippen molar-refractivity contribution in [2.45, 2.75) is 35.9 Å². The second kappa shape index (κ2) is 9.04. The van der Waals surface area contributed by atoms with Gasteiger partial charge < -0.3 is 5.32 Å². The lowest BCUT2D eigenvalue weighted by Crippen LogP contribution is -2.24. The van der Waals surface area contributed by atoms with Crippen LogP contribution in [0.15, 0.2) is 69.3 Å². The maximum atomic E-state index is 12.5. The number of nitrogens with zero attached hydrogens (tertiary/aromatic N) is 2. The molecule has 3 N–H and O–H groups in total. The summed E-state index contributed by atoms with van der Waals surface area (Å²) in [6.45, 7) is 5.67. The SMILES string of the molecule is Cc1ccc(-n2nc(S[C@H](C)C(=O)Nc3ccc(S(N)(=O)=O)cc3)ccc2=O)cc1C. The minimum absolute atomic E-state index is 0.0364. The minimum Gasteiger partial charge on any atom is -0.325 e. The normalized spacial score (nSPS) is 12.4. The lowest BCUT2D eigenvalue weighted by molar-refractivity contribution is -0.115. The van der Waals surface area contributed by atoms with Gasteiger partial charge in [0.1, 0.15) is 5.03 Å². The maximum absolute atomic E-state index is 12.5. The van der Waals surface area contributed by atoms with E-state index in [1.165, 1.54) is 46.8 Å². The van der Waals surface area contributed by atoms with E-state index < -0.39 is 15.3 Å². The van der Waals surface area contributed by atoms with Gasteiger partial charge in [-0.05, 0) is 74.4 Å². The Balaban J connectivity index is 1.74. The summed E-state index contributed by atoms with van der Waals surface area (Å²) in [5.74, 6) is -0.293. The van der Waals surface area contributed by atoms with E-state index in [2.05, 4.69) is 10.4 Å². The van der Waals surface area contributed by atoms with Crippen LogP contribution in [-0.2, 0) is 14.8 Å². The Labute approximate surface area is 184 Å². The van der Waals surface area contributed by atoms with Crippen LogP contribution in [0.5, 0.6) is 0 Å².